The molecule has 0 bridgehead atoms. The maximum atomic E-state index is 13.9. The Kier molecular flexibility index (Phi) is 5.22. The van der Waals surface area contributed by atoms with E-state index in [-0.39, 0.29) is 5.01 Å². The van der Waals surface area contributed by atoms with Gasteiger partial charge in [0.2, 0.25) is 5.95 Å². The third-order valence-corrected chi connectivity index (χ3v) is 6.50. The van der Waals surface area contributed by atoms with Gasteiger partial charge in [0, 0.05) is 12.3 Å². The summed E-state index contributed by atoms with van der Waals surface area (Å²) in [7, 11) is 0. The molecule has 0 unspecified atom stereocenters. The van der Waals surface area contributed by atoms with E-state index in [1.807, 2.05) is 18.2 Å². The average molecular weight is 451 g/mol. The van der Waals surface area contributed by atoms with Gasteiger partial charge in [0.05, 0.1) is 10.6 Å². The van der Waals surface area contributed by atoms with Gasteiger partial charge in [-0.2, -0.15) is 4.39 Å². The first kappa shape index (κ1) is 20.4. The normalized spacial score (nSPS) is 12.6. The molecule has 0 saturated carbocycles. The van der Waals surface area contributed by atoms with Gasteiger partial charge >= 0.3 is 0 Å². The predicted molar refractivity (Wildman–Crippen MR) is 117 cm³/mol. The molecule has 2 aromatic carbocycles. The first-order valence-electron chi connectivity index (χ1n) is 10.00. The average Bonchev–Trinajstić information content (AvgIpc) is 3.13. The Bertz CT molecular complexity index is 1330. The molecule has 4 aromatic rings. The second-order valence-corrected chi connectivity index (χ2v) is 8.44. The number of para-hydroxylation sites is 1. The number of nitrogens with zero attached hydrogens (tertiary/aromatic N) is 2. The zero-order valence-corrected chi connectivity index (χ0v) is 17.5. The minimum Gasteiger partial charge on any atom is -0.315 e. The lowest BCUT2D eigenvalue weighted by Gasteiger charge is -2.09. The van der Waals surface area contributed by atoms with E-state index in [1.54, 1.807) is 6.07 Å². The second kappa shape index (κ2) is 8.20. The Morgan fingerprint density at radius 2 is 1.75 bits per heavy atom. The van der Waals surface area contributed by atoms with Crippen LogP contribution >= 0.6 is 11.3 Å². The van der Waals surface area contributed by atoms with Gasteiger partial charge in [-0.3, -0.25) is 4.79 Å². The molecule has 32 heavy (non-hydrogen) atoms. The number of benzene rings is 2. The van der Waals surface area contributed by atoms with Crippen molar-refractivity contribution in [1.82, 2.24) is 9.97 Å². The number of anilines is 1. The van der Waals surface area contributed by atoms with Crippen molar-refractivity contribution in [2.75, 3.05) is 5.32 Å². The number of aromatic nitrogens is 2. The highest BCUT2D eigenvalue weighted by atomic mass is 32.1. The highest BCUT2D eigenvalue weighted by Crippen LogP contribution is 2.39. The number of hydrogen-bond donors (Lipinski definition) is 1. The lowest BCUT2D eigenvalue weighted by atomic mass is 9.98. The summed E-state index contributed by atoms with van der Waals surface area (Å²) in [6, 6.07) is 12.4. The fourth-order valence-electron chi connectivity index (χ4n) is 3.83. The zero-order valence-electron chi connectivity index (χ0n) is 16.7. The van der Waals surface area contributed by atoms with Crippen LogP contribution in [0.25, 0.3) is 21.6 Å². The topological polar surface area (TPSA) is 54.9 Å². The van der Waals surface area contributed by atoms with Crippen molar-refractivity contribution in [2.45, 2.75) is 19.3 Å². The SMILES string of the molecule is O=C(Nc1c(F)cccc1F)c1nc2c(s1)-c1cc(-c3ccnc(F)c3)ccc1CCC2. The molecular weight excluding hydrogens is 435 g/mol. The summed E-state index contributed by atoms with van der Waals surface area (Å²) in [4.78, 5) is 21.6. The molecule has 0 radical (unpaired) electrons. The number of fused-ring (bicyclic) bond motifs is 3. The molecule has 0 spiro atoms. The van der Waals surface area contributed by atoms with Gasteiger partial charge in [-0.15, -0.1) is 11.3 Å². The van der Waals surface area contributed by atoms with Gasteiger partial charge in [0.1, 0.15) is 17.3 Å². The number of hydrogen-bond acceptors (Lipinski definition) is 4. The van der Waals surface area contributed by atoms with Crippen molar-refractivity contribution in [2.24, 2.45) is 0 Å². The predicted octanol–water partition coefficient (Wildman–Crippen LogP) is 6.03. The number of nitrogens with one attached hydrogen (secondary N) is 1. The first-order chi connectivity index (χ1) is 15.5. The number of carbonyl (C=O) groups excluding carboxylic acids is 1. The third kappa shape index (κ3) is 3.78. The van der Waals surface area contributed by atoms with Gasteiger partial charge in [-0.25, -0.2) is 18.7 Å². The van der Waals surface area contributed by atoms with Crippen LogP contribution in [0.4, 0.5) is 18.9 Å². The van der Waals surface area contributed by atoms with E-state index in [0.717, 1.165) is 52.2 Å². The molecule has 0 fully saturated rings. The molecule has 1 N–H and O–H groups in total. The van der Waals surface area contributed by atoms with E-state index in [2.05, 4.69) is 15.3 Å². The summed E-state index contributed by atoms with van der Waals surface area (Å²) >= 11 is 1.18. The standard InChI is InChI=1S/C24H16F3N3OS/c25-17-4-2-5-18(26)21(17)30-23(31)24-29-19-6-1-3-13-7-8-14(11-16(13)22(19)32-24)15-9-10-28-20(27)12-15/h2,4-5,7-12H,1,3,6H2,(H,30,31). The molecule has 1 aliphatic rings. The number of thiazole rings is 1. The largest absolute Gasteiger partial charge is 0.315 e. The van der Waals surface area contributed by atoms with Gasteiger partial charge in [-0.1, -0.05) is 18.2 Å². The van der Waals surface area contributed by atoms with Crippen molar-refractivity contribution < 1.29 is 18.0 Å². The summed E-state index contributed by atoms with van der Waals surface area (Å²) in [5.74, 6) is -2.93. The highest BCUT2D eigenvalue weighted by Gasteiger charge is 2.24. The quantitative estimate of drug-likeness (QED) is 0.387. The van der Waals surface area contributed by atoms with Crippen molar-refractivity contribution in [3.8, 4) is 21.6 Å². The van der Waals surface area contributed by atoms with Crippen LogP contribution in [0, 0.1) is 17.6 Å². The van der Waals surface area contributed by atoms with Crippen LogP contribution < -0.4 is 5.32 Å². The molecule has 0 aliphatic heterocycles. The van der Waals surface area contributed by atoms with Crippen LogP contribution in [-0.2, 0) is 12.8 Å². The molecule has 4 nitrogen and oxygen atoms in total. The summed E-state index contributed by atoms with van der Waals surface area (Å²) < 4.78 is 41.5. The van der Waals surface area contributed by atoms with Crippen LogP contribution in [0.3, 0.4) is 0 Å². The van der Waals surface area contributed by atoms with Gasteiger partial charge < -0.3 is 5.32 Å². The monoisotopic (exact) mass is 451 g/mol. The molecule has 160 valence electrons. The number of amides is 1. The molecular formula is C24H16F3N3OS. The number of pyridine rings is 1. The van der Waals surface area contributed by atoms with Crippen molar-refractivity contribution in [3.63, 3.8) is 0 Å². The first-order valence-corrected chi connectivity index (χ1v) is 10.8. The molecule has 5 rings (SSSR count). The summed E-state index contributed by atoms with van der Waals surface area (Å²) in [6.45, 7) is 0. The summed E-state index contributed by atoms with van der Waals surface area (Å²) in [6.07, 6.45) is 3.81. The van der Waals surface area contributed by atoms with E-state index in [4.69, 9.17) is 0 Å². The molecule has 1 amide bonds. The van der Waals surface area contributed by atoms with Crippen LogP contribution in [0.2, 0.25) is 0 Å². The molecule has 0 saturated heterocycles. The molecule has 1 aliphatic carbocycles. The fourth-order valence-corrected chi connectivity index (χ4v) is 4.89. The lowest BCUT2D eigenvalue weighted by molar-refractivity contribution is 0.102. The third-order valence-electron chi connectivity index (χ3n) is 5.37. The van der Waals surface area contributed by atoms with Crippen LogP contribution in [0.15, 0.2) is 54.7 Å². The van der Waals surface area contributed by atoms with E-state index in [1.165, 1.54) is 29.7 Å². The molecule has 8 heteroatoms. The fraction of sp³-hybridized carbons (Fsp3) is 0.125. The Morgan fingerprint density at radius 1 is 0.969 bits per heavy atom. The Hall–Kier alpha value is -3.52. The van der Waals surface area contributed by atoms with Gasteiger partial charge in [-0.05, 0) is 65.8 Å². The maximum Gasteiger partial charge on any atom is 0.284 e. The summed E-state index contributed by atoms with van der Waals surface area (Å²) in [5.41, 5.74) is 3.84. The minimum atomic E-state index is -0.851. The zero-order chi connectivity index (χ0) is 22.2. The number of rotatable bonds is 3. The van der Waals surface area contributed by atoms with Crippen molar-refractivity contribution >= 4 is 22.9 Å². The molecule has 0 atom stereocenters. The molecule has 2 aromatic heterocycles. The Labute approximate surface area is 185 Å². The van der Waals surface area contributed by atoms with Crippen LogP contribution in [0.1, 0.15) is 27.5 Å². The van der Waals surface area contributed by atoms with Crippen molar-refractivity contribution in [3.05, 3.63) is 88.6 Å². The maximum absolute atomic E-state index is 13.9. The van der Waals surface area contributed by atoms with Gasteiger partial charge in [0.25, 0.3) is 5.91 Å². The highest BCUT2D eigenvalue weighted by molar-refractivity contribution is 7.17. The van der Waals surface area contributed by atoms with Crippen LogP contribution in [0.5, 0.6) is 0 Å². The smallest absolute Gasteiger partial charge is 0.284 e. The van der Waals surface area contributed by atoms with E-state index in [9.17, 15) is 18.0 Å². The number of carbonyl (C=O) groups is 1. The van der Waals surface area contributed by atoms with E-state index >= 15 is 0 Å². The van der Waals surface area contributed by atoms with E-state index in [0.29, 0.717) is 12.0 Å². The van der Waals surface area contributed by atoms with Crippen LogP contribution in [-0.4, -0.2) is 15.9 Å². The number of halogens is 3. The van der Waals surface area contributed by atoms with Gasteiger partial charge in [0.15, 0.2) is 5.01 Å². The summed E-state index contributed by atoms with van der Waals surface area (Å²) in [5, 5.41) is 2.43. The Morgan fingerprint density at radius 3 is 2.53 bits per heavy atom. The van der Waals surface area contributed by atoms with Crippen molar-refractivity contribution in [1.29, 1.82) is 0 Å². The lowest BCUT2D eigenvalue weighted by Crippen LogP contribution is -2.14. The molecule has 2 heterocycles. The second-order valence-electron chi connectivity index (χ2n) is 7.44. The van der Waals surface area contributed by atoms with E-state index < -0.39 is 29.2 Å². The minimum absolute atomic E-state index is 0.130. The number of aryl methyl sites for hydroxylation is 2. The Balaban J connectivity index is 1.53.